The molecule has 4 nitrogen and oxygen atoms in total. The normalized spacial score (nSPS) is 40.5. The van der Waals surface area contributed by atoms with Gasteiger partial charge < -0.3 is 15.0 Å². The number of ether oxygens (including phenoxy) is 1. The summed E-state index contributed by atoms with van der Waals surface area (Å²) in [5.41, 5.74) is 0. The quantitative estimate of drug-likeness (QED) is 0.865. The van der Waals surface area contributed by atoms with Gasteiger partial charge in [-0.2, -0.15) is 0 Å². The third-order valence-electron chi connectivity index (χ3n) is 5.56. The van der Waals surface area contributed by atoms with Crippen molar-refractivity contribution in [3.8, 4) is 0 Å². The van der Waals surface area contributed by atoms with E-state index in [2.05, 4.69) is 37.9 Å². The average molecular weight is 296 g/mol. The van der Waals surface area contributed by atoms with Crippen molar-refractivity contribution in [2.45, 2.75) is 65.7 Å². The first-order chi connectivity index (χ1) is 9.99. The molecule has 0 bridgehead atoms. The maximum Gasteiger partial charge on any atom is 0.228 e. The first-order valence-electron chi connectivity index (χ1n) is 8.67. The van der Waals surface area contributed by atoms with Gasteiger partial charge in [-0.1, -0.05) is 27.2 Å². The molecule has 0 saturated carbocycles. The Kier molecular flexibility index (Phi) is 5.67. The third-order valence-corrected chi connectivity index (χ3v) is 5.56. The van der Waals surface area contributed by atoms with Crippen molar-refractivity contribution in [3.63, 3.8) is 0 Å². The lowest BCUT2D eigenvalue weighted by atomic mass is 9.85. The molecule has 1 amide bonds. The highest BCUT2D eigenvalue weighted by atomic mass is 16.5. The maximum atomic E-state index is 12.9. The van der Waals surface area contributed by atoms with Crippen molar-refractivity contribution in [2.75, 3.05) is 19.6 Å². The van der Waals surface area contributed by atoms with E-state index in [9.17, 15) is 4.79 Å². The molecule has 0 aromatic heterocycles. The van der Waals surface area contributed by atoms with Gasteiger partial charge in [0, 0.05) is 19.1 Å². The Morgan fingerprint density at radius 1 is 1.24 bits per heavy atom. The van der Waals surface area contributed by atoms with E-state index in [0.717, 1.165) is 32.5 Å². The van der Waals surface area contributed by atoms with Crippen LogP contribution >= 0.6 is 0 Å². The number of hydrogen-bond donors (Lipinski definition) is 1. The van der Waals surface area contributed by atoms with Crippen LogP contribution in [0.15, 0.2) is 0 Å². The molecule has 0 aliphatic carbocycles. The summed E-state index contributed by atoms with van der Waals surface area (Å²) in [6.07, 6.45) is 2.44. The fraction of sp³-hybridized carbons (Fsp3) is 0.941. The molecule has 2 rings (SSSR count). The predicted molar refractivity (Wildman–Crippen MR) is 85.1 cm³/mol. The summed E-state index contributed by atoms with van der Waals surface area (Å²) < 4.78 is 5.85. The molecule has 21 heavy (non-hydrogen) atoms. The van der Waals surface area contributed by atoms with Gasteiger partial charge in [0.2, 0.25) is 5.91 Å². The Morgan fingerprint density at radius 2 is 1.95 bits per heavy atom. The zero-order chi connectivity index (χ0) is 15.6. The predicted octanol–water partition coefficient (Wildman–Crippen LogP) is 2.28. The van der Waals surface area contributed by atoms with E-state index < -0.39 is 0 Å². The first kappa shape index (κ1) is 16.8. The zero-order valence-corrected chi connectivity index (χ0v) is 14.3. The van der Waals surface area contributed by atoms with Gasteiger partial charge in [0.05, 0.1) is 18.1 Å². The van der Waals surface area contributed by atoms with Crippen molar-refractivity contribution in [3.05, 3.63) is 0 Å². The van der Waals surface area contributed by atoms with E-state index in [1.165, 1.54) is 0 Å². The minimum atomic E-state index is 0.0354. The number of carbonyl (C=O) groups excluding carboxylic acids is 1. The number of nitrogens with zero attached hydrogens (tertiary/aromatic N) is 1. The molecule has 2 aliphatic heterocycles. The minimum absolute atomic E-state index is 0.0354. The molecule has 2 heterocycles. The number of carbonyl (C=O) groups is 1. The van der Waals surface area contributed by atoms with Crippen LogP contribution in [-0.2, 0) is 9.53 Å². The Labute approximate surface area is 129 Å². The summed E-state index contributed by atoms with van der Waals surface area (Å²) in [6, 6.07) is 0.567. The van der Waals surface area contributed by atoms with Crippen LogP contribution in [0.1, 0.15) is 47.5 Å². The zero-order valence-electron chi connectivity index (χ0n) is 14.3. The molecule has 0 aromatic rings. The second-order valence-electron chi connectivity index (χ2n) is 6.84. The highest BCUT2D eigenvalue weighted by Gasteiger charge is 2.44. The number of likely N-dealkylation sites (tertiary alicyclic amines) is 1. The Morgan fingerprint density at radius 3 is 2.48 bits per heavy atom. The number of nitrogens with one attached hydrogen (secondary N) is 1. The minimum Gasteiger partial charge on any atom is -0.374 e. The third kappa shape index (κ3) is 3.42. The summed E-state index contributed by atoms with van der Waals surface area (Å²) >= 11 is 0. The molecule has 2 fully saturated rings. The number of rotatable bonds is 4. The van der Waals surface area contributed by atoms with Crippen LogP contribution < -0.4 is 5.32 Å². The van der Waals surface area contributed by atoms with Gasteiger partial charge in [-0.25, -0.2) is 0 Å². The van der Waals surface area contributed by atoms with Crippen LogP contribution in [0.5, 0.6) is 0 Å². The lowest BCUT2D eigenvalue weighted by molar-refractivity contribution is -0.140. The second-order valence-corrected chi connectivity index (χ2v) is 6.84. The number of hydrogen-bond acceptors (Lipinski definition) is 3. The van der Waals surface area contributed by atoms with Crippen LogP contribution in [0.3, 0.4) is 0 Å². The van der Waals surface area contributed by atoms with Crippen molar-refractivity contribution < 1.29 is 9.53 Å². The van der Waals surface area contributed by atoms with Gasteiger partial charge in [-0.15, -0.1) is 0 Å². The van der Waals surface area contributed by atoms with E-state index >= 15 is 0 Å². The molecule has 0 spiro atoms. The van der Waals surface area contributed by atoms with Crippen LogP contribution in [0.25, 0.3) is 0 Å². The molecule has 0 aromatic carbocycles. The van der Waals surface area contributed by atoms with Gasteiger partial charge in [0.25, 0.3) is 0 Å². The molecule has 122 valence electrons. The summed E-state index contributed by atoms with van der Waals surface area (Å²) in [4.78, 5) is 15.0. The summed E-state index contributed by atoms with van der Waals surface area (Å²) in [7, 11) is 0. The fourth-order valence-corrected chi connectivity index (χ4v) is 4.08. The fourth-order valence-electron chi connectivity index (χ4n) is 4.08. The SMILES string of the molecule is CCNC1CCN(C(=O)C2C(C)OC(C)C2C)CC1CC. The van der Waals surface area contributed by atoms with Crippen LogP contribution in [0.4, 0.5) is 0 Å². The average Bonchev–Trinajstić information content (AvgIpc) is 2.72. The molecule has 6 atom stereocenters. The van der Waals surface area contributed by atoms with Gasteiger partial charge in [-0.05, 0) is 38.6 Å². The first-order valence-corrected chi connectivity index (χ1v) is 8.67. The molecule has 2 saturated heterocycles. The van der Waals surface area contributed by atoms with E-state index in [0.29, 0.717) is 23.8 Å². The summed E-state index contributed by atoms with van der Waals surface area (Å²) in [5.74, 6) is 1.24. The van der Waals surface area contributed by atoms with Crippen LogP contribution in [0.2, 0.25) is 0 Å². The molecular weight excluding hydrogens is 264 g/mol. The van der Waals surface area contributed by atoms with Crippen molar-refractivity contribution >= 4 is 5.91 Å². The topological polar surface area (TPSA) is 41.6 Å². The van der Waals surface area contributed by atoms with E-state index in [4.69, 9.17) is 4.74 Å². The van der Waals surface area contributed by atoms with Crippen molar-refractivity contribution in [1.82, 2.24) is 10.2 Å². The lowest BCUT2D eigenvalue weighted by Gasteiger charge is -2.40. The van der Waals surface area contributed by atoms with Gasteiger partial charge >= 0.3 is 0 Å². The Hall–Kier alpha value is -0.610. The van der Waals surface area contributed by atoms with E-state index in [1.807, 2.05) is 6.92 Å². The van der Waals surface area contributed by atoms with Gasteiger partial charge in [-0.3, -0.25) is 4.79 Å². The maximum absolute atomic E-state index is 12.9. The lowest BCUT2D eigenvalue weighted by Crippen LogP contribution is -2.53. The Balaban J connectivity index is 2.01. The van der Waals surface area contributed by atoms with Gasteiger partial charge in [0.1, 0.15) is 0 Å². The van der Waals surface area contributed by atoms with E-state index in [1.54, 1.807) is 0 Å². The summed E-state index contributed by atoms with van der Waals surface area (Å²) in [5, 5.41) is 3.58. The highest BCUT2D eigenvalue weighted by molar-refractivity contribution is 5.80. The molecule has 2 aliphatic rings. The van der Waals surface area contributed by atoms with Gasteiger partial charge in [0.15, 0.2) is 0 Å². The van der Waals surface area contributed by atoms with E-state index in [-0.39, 0.29) is 18.1 Å². The molecule has 1 N–H and O–H groups in total. The molecule has 6 unspecified atom stereocenters. The highest BCUT2D eigenvalue weighted by Crippen LogP contribution is 2.34. The molecule has 4 heteroatoms. The monoisotopic (exact) mass is 296 g/mol. The van der Waals surface area contributed by atoms with Crippen LogP contribution in [-0.4, -0.2) is 48.7 Å². The number of piperidine rings is 1. The molecule has 0 radical (unpaired) electrons. The van der Waals surface area contributed by atoms with Crippen molar-refractivity contribution in [2.24, 2.45) is 17.8 Å². The largest absolute Gasteiger partial charge is 0.374 e. The Bertz CT molecular complexity index is 361. The van der Waals surface area contributed by atoms with Crippen molar-refractivity contribution in [1.29, 1.82) is 0 Å². The number of amides is 1. The standard InChI is InChI=1S/C17H32N2O2/c1-6-14-10-19(9-8-15(14)18-7-2)17(20)16-11(3)12(4)21-13(16)5/h11-16,18H,6-10H2,1-5H3. The smallest absolute Gasteiger partial charge is 0.228 e. The summed E-state index contributed by atoms with van der Waals surface area (Å²) in [6.45, 7) is 13.5. The molecular formula is C17H32N2O2. The second kappa shape index (κ2) is 7.10. The van der Waals surface area contributed by atoms with Crippen LogP contribution in [0, 0.1) is 17.8 Å².